The Labute approximate surface area is 95.1 Å². The van der Waals surface area contributed by atoms with Crippen LogP contribution in [0.5, 0.6) is 0 Å². The molecule has 0 saturated carbocycles. The fourth-order valence-electron chi connectivity index (χ4n) is 1.14. The fourth-order valence-corrected chi connectivity index (χ4v) is 4.00. The zero-order valence-electron chi connectivity index (χ0n) is 7.27. The largest absolute Gasteiger partial charge is 0.185 e. The second-order valence-corrected chi connectivity index (χ2v) is 6.09. The Balaban J connectivity index is 2.15. The van der Waals surface area contributed by atoms with Crippen LogP contribution in [0.15, 0.2) is 34.5 Å². The first-order valence-electron chi connectivity index (χ1n) is 4.02. The minimum Gasteiger partial charge on any atom is -0.185 e. The zero-order chi connectivity index (χ0) is 9.80. The van der Waals surface area contributed by atoms with Gasteiger partial charge >= 0.3 is 0 Å². The van der Waals surface area contributed by atoms with E-state index < -0.39 is 0 Å². The van der Waals surface area contributed by atoms with E-state index in [9.17, 15) is 0 Å². The molecule has 14 heavy (non-hydrogen) atoms. The van der Waals surface area contributed by atoms with E-state index in [1.807, 2.05) is 6.07 Å². The number of nitrogens with zero attached hydrogens (tertiary/aromatic N) is 1. The zero-order valence-corrected chi connectivity index (χ0v) is 9.72. The van der Waals surface area contributed by atoms with Gasteiger partial charge in [-0.2, -0.15) is 5.26 Å². The predicted molar refractivity (Wildman–Crippen MR) is 65.8 cm³/mol. The van der Waals surface area contributed by atoms with Gasteiger partial charge in [0.05, 0.1) is 9.29 Å². The van der Waals surface area contributed by atoms with Crippen molar-refractivity contribution in [2.24, 2.45) is 0 Å². The molecule has 0 aliphatic heterocycles. The number of hydrogen-bond acceptors (Lipinski definition) is 4. The van der Waals surface area contributed by atoms with Crippen molar-refractivity contribution < 1.29 is 0 Å². The Bertz CT molecular complexity index is 436. The molecule has 70 valence electrons. The lowest BCUT2D eigenvalue weighted by molar-refractivity contribution is 1.57. The molecular weight excluding hydrogens is 230 g/mol. The van der Waals surface area contributed by atoms with Crippen LogP contribution in [-0.4, -0.2) is 5.08 Å². The molecule has 1 aromatic carbocycles. The Morgan fingerprint density at radius 2 is 2.21 bits per heavy atom. The third-order valence-electron chi connectivity index (χ3n) is 1.73. The van der Waals surface area contributed by atoms with Crippen LogP contribution in [0.1, 0.15) is 0 Å². The number of thioether (sulfide) groups is 2. The minimum absolute atomic E-state index is 0.809. The van der Waals surface area contributed by atoms with Crippen LogP contribution in [0, 0.1) is 10.7 Å². The van der Waals surface area contributed by atoms with Crippen molar-refractivity contribution in [3.05, 3.63) is 30.3 Å². The maximum Gasteiger partial charge on any atom is 0.134 e. The predicted octanol–water partition coefficient (Wildman–Crippen LogP) is 4.17. The first-order chi connectivity index (χ1) is 6.90. The third kappa shape index (κ3) is 2.24. The molecule has 0 saturated heterocycles. The van der Waals surface area contributed by atoms with E-state index in [2.05, 4.69) is 29.7 Å². The lowest BCUT2D eigenvalue weighted by atomic mass is 10.3. The van der Waals surface area contributed by atoms with Crippen LogP contribution in [-0.2, 0) is 0 Å². The summed E-state index contributed by atoms with van der Waals surface area (Å²) in [5.41, 5.74) is 0. The van der Waals surface area contributed by atoms with Crippen LogP contribution in [0.4, 0.5) is 0 Å². The normalized spacial score (nSPS) is 10.2. The monoisotopic (exact) mass is 237 g/mol. The topological polar surface area (TPSA) is 23.8 Å². The SMILES string of the molecule is N#CSCSc1cc2ccccc2s1. The number of rotatable bonds is 3. The molecule has 0 unspecified atom stereocenters. The molecular formula is C10H7NS3. The molecule has 1 aromatic heterocycles. The summed E-state index contributed by atoms with van der Waals surface area (Å²) in [7, 11) is 0. The van der Waals surface area contributed by atoms with Gasteiger partial charge in [-0.15, -0.1) is 23.1 Å². The smallest absolute Gasteiger partial charge is 0.134 e. The molecule has 1 nitrogen and oxygen atoms in total. The van der Waals surface area contributed by atoms with Crippen molar-refractivity contribution in [3.63, 3.8) is 0 Å². The summed E-state index contributed by atoms with van der Waals surface area (Å²) >= 11 is 4.81. The third-order valence-corrected chi connectivity index (χ3v) is 4.72. The average Bonchev–Trinajstić information content (AvgIpc) is 2.60. The van der Waals surface area contributed by atoms with Crippen molar-refractivity contribution in [1.82, 2.24) is 0 Å². The summed E-state index contributed by atoms with van der Waals surface area (Å²) < 4.78 is 2.60. The Morgan fingerprint density at radius 3 is 3.00 bits per heavy atom. The van der Waals surface area contributed by atoms with E-state index in [1.54, 1.807) is 23.1 Å². The number of hydrogen-bond donors (Lipinski definition) is 0. The molecule has 1 heterocycles. The highest BCUT2D eigenvalue weighted by Crippen LogP contribution is 2.33. The summed E-state index contributed by atoms with van der Waals surface area (Å²) in [6.07, 6.45) is 0. The lowest BCUT2D eigenvalue weighted by Gasteiger charge is -1.89. The highest BCUT2D eigenvalue weighted by molar-refractivity contribution is 8.18. The summed E-state index contributed by atoms with van der Waals surface area (Å²) in [5, 5.41) is 12.6. The minimum atomic E-state index is 0.809. The fraction of sp³-hybridized carbons (Fsp3) is 0.100. The van der Waals surface area contributed by atoms with Crippen molar-refractivity contribution >= 4 is 44.9 Å². The Morgan fingerprint density at radius 1 is 1.36 bits per heavy atom. The number of fused-ring (bicyclic) bond motifs is 1. The molecule has 0 bridgehead atoms. The van der Waals surface area contributed by atoms with Crippen molar-refractivity contribution in [2.75, 3.05) is 5.08 Å². The van der Waals surface area contributed by atoms with E-state index in [1.165, 1.54) is 26.1 Å². The molecule has 4 heteroatoms. The van der Waals surface area contributed by atoms with Gasteiger partial charge in [0.1, 0.15) is 5.40 Å². The van der Waals surface area contributed by atoms with Gasteiger partial charge in [0.15, 0.2) is 0 Å². The van der Waals surface area contributed by atoms with Crippen molar-refractivity contribution in [1.29, 1.82) is 5.26 Å². The summed E-state index contributed by atoms with van der Waals surface area (Å²) in [5.74, 6) is 0. The molecule has 2 aromatic rings. The molecule has 0 fully saturated rings. The Hall–Kier alpha value is -0.630. The Kier molecular flexibility index (Phi) is 3.35. The number of benzene rings is 1. The van der Waals surface area contributed by atoms with E-state index in [0.29, 0.717) is 0 Å². The van der Waals surface area contributed by atoms with E-state index in [-0.39, 0.29) is 0 Å². The summed E-state index contributed by atoms with van der Waals surface area (Å²) in [6, 6.07) is 10.5. The van der Waals surface area contributed by atoms with Crippen LogP contribution in [0.2, 0.25) is 0 Å². The van der Waals surface area contributed by atoms with Gasteiger partial charge in [-0.25, -0.2) is 0 Å². The standard InChI is InChI=1S/C10H7NS3/c11-6-12-7-13-10-5-8-3-1-2-4-9(8)14-10/h1-5H,7H2. The van der Waals surface area contributed by atoms with Gasteiger partial charge < -0.3 is 0 Å². The molecule has 0 amide bonds. The molecule has 0 N–H and O–H groups in total. The summed E-state index contributed by atoms with van der Waals surface area (Å²) in [4.78, 5) is 0. The van der Waals surface area contributed by atoms with Crippen molar-refractivity contribution in [2.45, 2.75) is 4.21 Å². The molecule has 0 radical (unpaired) electrons. The second-order valence-electron chi connectivity index (χ2n) is 2.60. The number of thiocyanates is 1. The maximum atomic E-state index is 8.39. The van der Waals surface area contributed by atoms with Gasteiger partial charge in [0, 0.05) is 4.70 Å². The number of nitriles is 1. The van der Waals surface area contributed by atoms with Gasteiger partial charge in [-0.1, -0.05) is 18.2 Å². The van der Waals surface area contributed by atoms with Crippen LogP contribution < -0.4 is 0 Å². The van der Waals surface area contributed by atoms with Crippen LogP contribution in [0.25, 0.3) is 10.1 Å². The molecule has 0 atom stereocenters. The maximum absolute atomic E-state index is 8.39. The van der Waals surface area contributed by atoms with E-state index in [4.69, 9.17) is 5.26 Å². The van der Waals surface area contributed by atoms with Gasteiger partial charge in [0.25, 0.3) is 0 Å². The van der Waals surface area contributed by atoms with Gasteiger partial charge in [-0.3, -0.25) is 0 Å². The molecule has 2 rings (SSSR count). The van der Waals surface area contributed by atoms with Crippen molar-refractivity contribution in [3.8, 4) is 5.40 Å². The van der Waals surface area contributed by atoms with Gasteiger partial charge in [0.2, 0.25) is 0 Å². The van der Waals surface area contributed by atoms with Crippen LogP contribution in [0.3, 0.4) is 0 Å². The van der Waals surface area contributed by atoms with Gasteiger partial charge in [-0.05, 0) is 29.3 Å². The first kappa shape index (κ1) is 9.91. The second kappa shape index (κ2) is 4.74. The molecule has 0 spiro atoms. The number of thiophene rings is 1. The van der Waals surface area contributed by atoms with Crippen LogP contribution >= 0.6 is 34.9 Å². The first-order valence-corrected chi connectivity index (χ1v) is 6.81. The molecule has 0 aliphatic carbocycles. The quantitative estimate of drug-likeness (QED) is 0.346. The molecule has 0 aliphatic rings. The van der Waals surface area contributed by atoms with E-state index in [0.717, 1.165) is 5.08 Å². The average molecular weight is 237 g/mol. The highest BCUT2D eigenvalue weighted by Gasteiger charge is 2.00. The highest BCUT2D eigenvalue weighted by atomic mass is 32.2. The lowest BCUT2D eigenvalue weighted by Crippen LogP contribution is -1.62. The van der Waals surface area contributed by atoms with E-state index >= 15 is 0 Å². The summed E-state index contributed by atoms with van der Waals surface area (Å²) in [6.45, 7) is 0.